The van der Waals surface area contributed by atoms with Crippen LogP contribution in [0.5, 0.6) is 0 Å². The van der Waals surface area contributed by atoms with Crippen molar-refractivity contribution in [3.8, 4) is 0 Å². The molecule has 0 aliphatic carbocycles. The van der Waals surface area contributed by atoms with Gasteiger partial charge >= 0.3 is 0 Å². The van der Waals surface area contributed by atoms with Gasteiger partial charge in [-0.15, -0.1) is 34.2 Å². The molecule has 25 heavy (non-hydrogen) atoms. The summed E-state index contributed by atoms with van der Waals surface area (Å²) in [6.07, 6.45) is 5.73. The summed E-state index contributed by atoms with van der Waals surface area (Å²) in [4.78, 5) is 6.84. The number of rotatable bonds is 6. The lowest BCUT2D eigenvalue weighted by molar-refractivity contribution is 0.0376. The normalized spacial score (nSPS) is 19.0. The van der Waals surface area contributed by atoms with E-state index in [4.69, 9.17) is 10.5 Å². The molecule has 0 radical (unpaired) electrons. The molecule has 3 N–H and O–H groups in total. The third-order valence-corrected chi connectivity index (χ3v) is 4.64. The Balaban J connectivity index is 0.00000225. The van der Waals surface area contributed by atoms with Crippen LogP contribution in [0.2, 0.25) is 0 Å². The molecule has 9 heteroatoms. The summed E-state index contributed by atoms with van der Waals surface area (Å²) in [5.41, 5.74) is 5.96. The predicted molar refractivity (Wildman–Crippen MR) is 108 cm³/mol. The average molecular weight is 463 g/mol. The lowest BCUT2D eigenvalue weighted by Crippen LogP contribution is -2.39. The summed E-state index contributed by atoms with van der Waals surface area (Å²) in [5, 5.41) is 11.8. The van der Waals surface area contributed by atoms with Crippen molar-refractivity contribution >= 4 is 29.9 Å². The number of fused-ring (bicyclic) bond motifs is 1. The highest BCUT2D eigenvalue weighted by molar-refractivity contribution is 14.0. The molecule has 3 heterocycles. The van der Waals surface area contributed by atoms with Crippen LogP contribution in [0, 0.1) is 0 Å². The fourth-order valence-electron chi connectivity index (χ4n) is 3.22. The molecule has 0 amide bonds. The SMILES string of the molecule is I.NC(=NCc1nnc2n1CCCCC2)NCCCN1CCOCC1. The molecular formula is C16H30IN7O. The Labute approximate surface area is 166 Å². The maximum Gasteiger partial charge on any atom is 0.189 e. The van der Waals surface area contributed by atoms with Crippen LogP contribution >= 0.6 is 24.0 Å². The Kier molecular flexibility index (Phi) is 8.90. The van der Waals surface area contributed by atoms with Crippen LogP contribution in [0.4, 0.5) is 0 Å². The molecule has 0 bridgehead atoms. The number of nitrogens with one attached hydrogen (secondary N) is 1. The van der Waals surface area contributed by atoms with Gasteiger partial charge in [0.15, 0.2) is 11.8 Å². The monoisotopic (exact) mass is 463 g/mol. The Bertz CT molecular complexity index is 543. The Morgan fingerprint density at radius 3 is 2.84 bits per heavy atom. The van der Waals surface area contributed by atoms with Crippen LogP contribution in [-0.4, -0.2) is 65.0 Å². The van der Waals surface area contributed by atoms with Crippen LogP contribution in [0.1, 0.15) is 37.3 Å². The van der Waals surface area contributed by atoms with Gasteiger partial charge in [-0.3, -0.25) is 4.90 Å². The number of morpholine rings is 1. The summed E-state index contributed by atoms with van der Waals surface area (Å²) >= 11 is 0. The van der Waals surface area contributed by atoms with Gasteiger partial charge < -0.3 is 20.4 Å². The predicted octanol–water partition coefficient (Wildman–Crippen LogP) is 0.749. The highest BCUT2D eigenvalue weighted by atomic mass is 127. The number of aromatic nitrogens is 3. The van der Waals surface area contributed by atoms with E-state index in [0.29, 0.717) is 12.5 Å². The fraction of sp³-hybridized carbons (Fsp3) is 0.812. The molecule has 142 valence electrons. The first kappa shape index (κ1) is 20.4. The van der Waals surface area contributed by atoms with Crippen molar-refractivity contribution in [1.29, 1.82) is 0 Å². The molecule has 0 spiro atoms. The zero-order valence-electron chi connectivity index (χ0n) is 14.8. The topological polar surface area (TPSA) is 93.6 Å². The summed E-state index contributed by atoms with van der Waals surface area (Å²) in [5.74, 6) is 2.50. The molecule has 2 aliphatic heterocycles. The maximum absolute atomic E-state index is 5.96. The van der Waals surface area contributed by atoms with Crippen molar-refractivity contribution in [2.24, 2.45) is 10.7 Å². The van der Waals surface area contributed by atoms with E-state index in [2.05, 4.69) is 30.0 Å². The summed E-state index contributed by atoms with van der Waals surface area (Å²) in [6, 6.07) is 0. The highest BCUT2D eigenvalue weighted by Gasteiger charge is 2.14. The number of hydrogen-bond acceptors (Lipinski definition) is 5. The first-order valence-electron chi connectivity index (χ1n) is 9.08. The van der Waals surface area contributed by atoms with Gasteiger partial charge in [0, 0.05) is 32.6 Å². The van der Waals surface area contributed by atoms with Crippen molar-refractivity contribution in [2.75, 3.05) is 39.4 Å². The Morgan fingerprint density at radius 2 is 2.00 bits per heavy atom. The van der Waals surface area contributed by atoms with Crippen molar-refractivity contribution in [3.63, 3.8) is 0 Å². The first-order valence-corrected chi connectivity index (χ1v) is 9.08. The third kappa shape index (κ3) is 6.37. The minimum absolute atomic E-state index is 0. The van der Waals surface area contributed by atoms with E-state index in [1.807, 2.05) is 0 Å². The molecule has 1 aromatic heterocycles. The fourth-order valence-corrected chi connectivity index (χ4v) is 3.22. The molecule has 1 fully saturated rings. The van der Waals surface area contributed by atoms with Crippen molar-refractivity contribution in [3.05, 3.63) is 11.6 Å². The smallest absolute Gasteiger partial charge is 0.189 e. The van der Waals surface area contributed by atoms with Crippen LogP contribution in [-0.2, 0) is 24.2 Å². The van der Waals surface area contributed by atoms with Crippen molar-refractivity contribution < 1.29 is 4.74 Å². The van der Waals surface area contributed by atoms with Crippen LogP contribution < -0.4 is 11.1 Å². The number of nitrogens with two attached hydrogens (primary N) is 1. The molecule has 2 aliphatic rings. The highest BCUT2D eigenvalue weighted by Crippen LogP contribution is 2.14. The standard InChI is InChI=1S/C16H29N7O.HI/c17-16(18-6-4-7-22-9-11-24-12-10-22)19-13-15-21-20-14-5-2-1-3-8-23(14)15;/h1-13H2,(H3,17,18,19);1H. The van der Waals surface area contributed by atoms with E-state index < -0.39 is 0 Å². The summed E-state index contributed by atoms with van der Waals surface area (Å²) in [7, 11) is 0. The zero-order valence-corrected chi connectivity index (χ0v) is 17.2. The van der Waals surface area contributed by atoms with E-state index in [1.165, 1.54) is 19.3 Å². The number of nitrogens with zero attached hydrogens (tertiary/aromatic N) is 5. The summed E-state index contributed by atoms with van der Waals surface area (Å²) in [6.45, 7) is 7.16. The number of guanidine groups is 1. The average Bonchev–Trinajstić information content (AvgIpc) is 2.84. The van der Waals surface area contributed by atoms with Gasteiger partial charge in [-0.25, -0.2) is 4.99 Å². The molecule has 0 atom stereocenters. The zero-order chi connectivity index (χ0) is 16.6. The largest absolute Gasteiger partial charge is 0.379 e. The second-order valence-corrected chi connectivity index (χ2v) is 6.43. The molecule has 1 saturated heterocycles. The number of aryl methyl sites for hydroxylation is 1. The molecule has 3 rings (SSSR count). The minimum Gasteiger partial charge on any atom is -0.379 e. The first-order chi connectivity index (χ1) is 11.8. The van der Waals surface area contributed by atoms with Crippen LogP contribution in [0.15, 0.2) is 4.99 Å². The number of ether oxygens (including phenoxy) is 1. The number of hydrogen-bond donors (Lipinski definition) is 2. The number of halogens is 1. The van der Waals surface area contributed by atoms with Gasteiger partial charge in [-0.2, -0.15) is 0 Å². The molecule has 0 saturated carbocycles. The lowest BCUT2D eigenvalue weighted by Gasteiger charge is -2.26. The number of aliphatic imine (C=N–C) groups is 1. The van der Waals surface area contributed by atoms with E-state index in [0.717, 1.165) is 70.4 Å². The summed E-state index contributed by atoms with van der Waals surface area (Å²) < 4.78 is 7.56. The quantitative estimate of drug-likeness (QED) is 0.280. The molecule has 0 aromatic carbocycles. The molecule has 0 unspecified atom stereocenters. The van der Waals surface area contributed by atoms with Gasteiger partial charge in [0.05, 0.1) is 13.2 Å². The van der Waals surface area contributed by atoms with Gasteiger partial charge in [0.2, 0.25) is 0 Å². The van der Waals surface area contributed by atoms with Crippen LogP contribution in [0.25, 0.3) is 0 Å². The van der Waals surface area contributed by atoms with Gasteiger partial charge in [0.25, 0.3) is 0 Å². The van der Waals surface area contributed by atoms with Crippen molar-refractivity contribution in [2.45, 2.75) is 45.2 Å². The van der Waals surface area contributed by atoms with E-state index >= 15 is 0 Å². The van der Waals surface area contributed by atoms with Gasteiger partial charge in [-0.05, 0) is 25.8 Å². The molecular weight excluding hydrogens is 433 g/mol. The lowest BCUT2D eigenvalue weighted by atomic mass is 10.2. The minimum atomic E-state index is 0. The molecule has 8 nitrogen and oxygen atoms in total. The maximum atomic E-state index is 5.96. The van der Waals surface area contributed by atoms with E-state index in [9.17, 15) is 0 Å². The second-order valence-electron chi connectivity index (χ2n) is 6.43. The van der Waals surface area contributed by atoms with E-state index in [1.54, 1.807) is 0 Å². The van der Waals surface area contributed by atoms with Crippen LogP contribution in [0.3, 0.4) is 0 Å². The Hall–Kier alpha value is -0.940. The second kappa shape index (κ2) is 10.9. The molecule has 1 aromatic rings. The third-order valence-electron chi connectivity index (χ3n) is 4.64. The van der Waals surface area contributed by atoms with Gasteiger partial charge in [0.1, 0.15) is 12.4 Å². The van der Waals surface area contributed by atoms with Crippen molar-refractivity contribution in [1.82, 2.24) is 25.0 Å². The van der Waals surface area contributed by atoms with E-state index in [-0.39, 0.29) is 24.0 Å². The van der Waals surface area contributed by atoms with Gasteiger partial charge in [-0.1, -0.05) is 6.42 Å². The Morgan fingerprint density at radius 1 is 1.16 bits per heavy atom.